The molecule has 1 heterocycles. The highest BCUT2D eigenvalue weighted by molar-refractivity contribution is 7.55. The molecule has 1 aliphatic rings. The number of hydrogen-bond donors (Lipinski definition) is 1. The molecule has 2 rings (SSSR count). The van der Waals surface area contributed by atoms with Crippen LogP contribution in [0.4, 0.5) is 0 Å². The predicted molar refractivity (Wildman–Crippen MR) is 80.8 cm³/mol. The van der Waals surface area contributed by atoms with Gasteiger partial charge < -0.3 is 9.05 Å². The van der Waals surface area contributed by atoms with Gasteiger partial charge in [0, 0.05) is 6.04 Å². The molecule has 0 aliphatic carbocycles. The van der Waals surface area contributed by atoms with Crippen LogP contribution in [0.5, 0.6) is 0 Å². The quantitative estimate of drug-likeness (QED) is 0.803. The molecule has 0 spiro atoms. The molecule has 5 heteroatoms. The van der Waals surface area contributed by atoms with E-state index in [1.165, 1.54) is 5.56 Å². The third-order valence-electron chi connectivity index (χ3n) is 3.81. The molecule has 1 saturated heterocycles. The van der Waals surface area contributed by atoms with Crippen LogP contribution < -0.4 is 5.32 Å². The van der Waals surface area contributed by atoms with Gasteiger partial charge in [0.2, 0.25) is 0 Å². The maximum absolute atomic E-state index is 13.0. The van der Waals surface area contributed by atoms with Crippen LogP contribution >= 0.6 is 7.60 Å². The summed E-state index contributed by atoms with van der Waals surface area (Å²) in [7, 11) is -3.15. The van der Waals surface area contributed by atoms with E-state index in [0.717, 1.165) is 12.8 Å². The molecular weight excluding hydrogens is 273 g/mol. The minimum absolute atomic E-state index is 0.204. The Balaban J connectivity index is 2.18. The molecule has 2 atom stereocenters. The topological polar surface area (TPSA) is 47.6 Å². The van der Waals surface area contributed by atoms with Crippen LogP contribution in [0.2, 0.25) is 0 Å². The first-order valence-electron chi connectivity index (χ1n) is 7.26. The Labute approximate surface area is 121 Å². The molecule has 1 aliphatic heterocycles. The minimum atomic E-state index is -3.15. The van der Waals surface area contributed by atoms with Crippen molar-refractivity contribution >= 4 is 7.60 Å². The van der Waals surface area contributed by atoms with Gasteiger partial charge in [-0.05, 0) is 39.2 Å². The normalized spacial score (nSPS) is 26.9. The number of hydrogen-bond acceptors (Lipinski definition) is 4. The molecule has 112 valence electrons. The van der Waals surface area contributed by atoms with Crippen molar-refractivity contribution < 1.29 is 13.6 Å². The van der Waals surface area contributed by atoms with Crippen molar-refractivity contribution in [1.29, 1.82) is 0 Å². The van der Waals surface area contributed by atoms with Gasteiger partial charge in [0.1, 0.15) is 5.28 Å². The molecule has 1 fully saturated rings. The number of nitrogens with one attached hydrogen (secondary N) is 1. The van der Waals surface area contributed by atoms with E-state index in [9.17, 15) is 4.57 Å². The average molecular weight is 297 g/mol. The predicted octanol–water partition coefficient (Wildman–Crippen LogP) is 4.09. The standard InChI is InChI=1S/C15H24NO3P/c1-4-18-20(17,19-5-2)15(3)12-11-14(16-15)13-9-7-6-8-10-13/h6-10,14,16H,4-5,11-12H2,1-3H3. The van der Waals surface area contributed by atoms with E-state index in [1.54, 1.807) is 0 Å². The van der Waals surface area contributed by atoms with Crippen molar-refractivity contribution in [2.45, 2.75) is 44.9 Å². The fraction of sp³-hybridized carbons (Fsp3) is 0.600. The van der Waals surface area contributed by atoms with Crippen LogP contribution in [0.15, 0.2) is 30.3 Å². The lowest BCUT2D eigenvalue weighted by Gasteiger charge is -2.33. The fourth-order valence-corrected chi connectivity index (χ4v) is 4.80. The van der Waals surface area contributed by atoms with Crippen LogP contribution in [-0.4, -0.2) is 18.5 Å². The molecule has 0 bridgehead atoms. The SMILES string of the molecule is CCOP(=O)(OCC)C1(C)CCC(c2ccccc2)N1. The minimum Gasteiger partial charge on any atom is -0.308 e. The average Bonchev–Trinajstić information content (AvgIpc) is 2.85. The summed E-state index contributed by atoms with van der Waals surface area (Å²) >= 11 is 0. The van der Waals surface area contributed by atoms with Crippen LogP contribution in [-0.2, 0) is 13.6 Å². The molecule has 0 aromatic heterocycles. The lowest BCUT2D eigenvalue weighted by Crippen LogP contribution is -2.38. The van der Waals surface area contributed by atoms with E-state index < -0.39 is 12.9 Å². The zero-order valence-corrected chi connectivity index (χ0v) is 13.4. The number of benzene rings is 1. The third-order valence-corrected chi connectivity index (χ3v) is 6.57. The van der Waals surface area contributed by atoms with Gasteiger partial charge in [0.25, 0.3) is 0 Å². The third kappa shape index (κ3) is 2.99. The second-order valence-electron chi connectivity index (χ2n) is 5.25. The second-order valence-corrected chi connectivity index (χ2v) is 7.75. The molecule has 0 amide bonds. The van der Waals surface area contributed by atoms with Crippen molar-refractivity contribution in [2.75, 3.05) is 13.2 Å². The molecule has 2 unspecified atom stereocenters. The van der Waals surface area contributed by atoms with E-state index in [0.29, 0.717) is 13.2 Å². The lowest BCUT2D eigenvalue weighted by molar-refractivity contribution is 0.192. The Bertz CT molecular complexity index is 469. The van der Waals surface area contributed by atoms with Crippen LogP contribution in [0.1, 0.15) is 45.2 Å². The molecule has 0 radical (unpaired) electrons. The summed E-state index contributed by atoms with van der Waals surface area (Å²) in [4.78, 5) is 0. The first-order valence-corrected chi connectivity index (χ1v) is 8.81. The van der Waals surface area contributed by atoms with Crippen LogP contribution in [0.3, 0.4) is 0 Å². The van der Waals surface area contributed by atoms with Gasteiger partial charge in [-0.15, -0.1) is 0 Å². The summed E-state index contributed by atoms with van der Waals surface area (Å²) in [5.74, 6) is 0. The summed E-state index contributed by atoms with van der Waals surface area (Å²) in [5.41, 5.74) is 1.22. The van der Waals surface area contributed by atoms with Gasteiger partial charge in [-0.25, -0.2) is 0 Å². The van der Waals surface area contributed by atoms with Crippen molar-refractivity contribution in [3.05, 3.63) is 35.9 Å². The highest BCUT2D eigenvalue weighted by Gasteiger charge is 2.51. The van der Waals surface area contributed by atoms with Gasteiger partial charge in [-0.3, -0.25) is 9.88 Å². The molecule has 0 saturated carbocycles. The Hall–Kier alpha value is -0.670. The first kappa shape index (κ1) is 15.7. The molecule has 1 aromatic rings. The molecule has 4 nitrogen and oxygen atoms in total. The lowest BCUT2D eigenvalue weighted by atomic mass is 10.1. The maximum atomic E-state index is 13.0. The summed E-state index contributed by atoms with van der Waals surface area (Å²) in [6, 6.07) is 10.4. The van der Waals surface area contributed by atoms with Gasteiger partial charge in [0.15, 0.2) is 0 Å². The maximum Gasteiger partial charge on any atom is 0.350 e. The summed E-state index contributed by atoms with van der Waals surface area (Å²) in [6.45, 7) is 6.43. The monoisotopic (exact) mass is 297 g/mol. The molecule has 1 N–H and O–H groups in total. The van der Waals surface area contributed by atoms with Crippen LogP contribution in [0.25, 0.3) is 0 Å². The summed E-state index contributed by atoms with van der Waals surface area (Å²) < 4.78 is 24.0. The van der Waals surface area contributed by atoms with Crippen molar-refractivity contribution in [3.8, 4) is 0 Å². The van der Waals surface area contributed by atoms with Crippen molar-refractivity contribution in [1.82, 2.24) is 5.32 Å². The van der Waals surface area contributed by atoms with E-state index >= 15 is 0 Å². The van der Waals surface area contributed by atoms with E-state index in [2.05, 4.69) is 17.4 Å². The van der Waals surface area contributed by atoms with Gasteiger partial charge in [-0.1, -0.05) is 30.3 Å². The van der Waals surface area contributed by atoms with Gasteiger partial charge in [-0.2, -0.15) is 0 Å². The number of rotatable bonds is 6. The highest BCUT2D eigenvalue weighted by Crippen LogP contribution is 2.63. The summed E-state index contributed by atoms with van der Waals surface area (Å²) in [6.07, 6.45) is 1.72. The fourth-order valence-electron chi connectivity index (χ4n) is 2.76. The Morgan fingerprint density at radius 1 is 1.25 bits per heavy atom. The molecular formula is C15H24NO3P. The highest BCUT2D eigenvalue weighted by atomic mass is 31.2. The Morgan fingerprint density at radius 2 is 1.85 bits per heavy atom. The second kappa shape index (κ2) is 6.40. The van der Waals surface area contributed by atoms with Gasteiger partial charge >= 0.3 is 7.60 Å². The largest absolute Gasteiger partial charge is 0.350 e. The summed E-state index contributed by atoms with van der Waals surface area (Å²) in [5, 5.41) is 2.87. The van der Waals surface area contributed by atoms with E-state index in [-0.39, 0.29) is 6.04 Å². The Kier molecular flexibility index (Phi) is 5.03. The van der Waals surface area contributed by atoms with Gasteiger partial charge in [0.05, 0.1) is 13.2 Å². The van der Waals surface area contributed by atoms with Crippen molar-refractivity contribution in [2.24, 2.45) is 0 Å². The zero-order valence-electron chi connectivity index (χ0n) is 12.5. The molecule has 1 aromatic carbocycles. The molecule has 20 heavy (non-hydrogen) atoms. The van der Waals surface area contributed by atoms with E-state index in [4.69, 9.17) is 9.05 Å². The smallest absolute Gasteiger partial charge is 0.308 e. The zero-order chi connectivity index (χ0) is 14.6. The van der Waals surface area contributed by atoms with Crippen LogP contribution in [0, 0.1) is 0 Å². The first-order chi connectivity index (χ1) is 9.54. The van der Waals surface area contributed by atoms with Crippen molar-refractivity contribution in [3.63, 3.8) is 0 Å². The Morgan fingerprint density at radius 3 is 2.40 bits per heavy atom. The van der Waals surface area contributed by atoms with E-state index in [1.807, 2.05) is 39.0 Å².